The SMILES string of the molecule is Cc1c(NC(=O)c2ccc(CN3CCCC[C@H]3C(=O)O)cn2)cccc1-c1cccc(NC(=O)c2ccc(CNCCO)cn2)c1Cl. The van der Waals surface area contributed by atoms with Gasteiger partial charge in [0.1, 0.15) is 17.4 Å². The summed E-state index contributed by atoms with van der Waals surface area (Å²) in [5.74, 6) is -1.60. The predicted octanol–water partition coefficient (Wildman–Crippen LogP) is 5.13. The van der Waals surface area contributed by atoms with Crippen molar-refractivity contribution in [2.75, 3.05) is 30.3 Å². The summed E-state index contributed by atoms with van der Waals surface area (Å²) in [4.78, 5) is 48.3. The van der Waals surface area contributed by atoms with Crippen LogP contribution < -0.4 is 16.0 Å². The highest BCUT2D eigenvalue weighted by Gasteiger charge is 2.28. The van der Waals surface area contributed by atoms with E-state index in [-0.39, 0.29) is 23.9 Å². The van der Waals surface area contributed by atoms with Crippen molar-refractivity contribution in [3.8, 4) is 11.1 Å². The van der Waals surface area contributed by atoms with Crippen LogP contribution in [0.1, 0.15) is 56.9 Å². The Morgan fingerprint density at radius 2 is 1.51 bits per heavy atom. The zero-order valence-electron chi connectivity index (χ0n) is 26.0. The van der Waals surface area contributed by atoms with Crippen LogP contribution >= 0.6 is 11.6 Å². The molecule has 2 aromatic carbocycles. The number of hydrogen-bond acceptors (Lipinski definition) is 8. The highest BCUT2D eigenvalue weighted by molar-refractivity contribution is 6.36. The number of aromatic nitrogens is 2. The first kappa shape index (κ1) is 33.7. The fourth-order valence-electron chi connectivity index (χ4n) is 5.59. The number of aliphatic carboxylic acids is 1. The third-order valence-corrected chi connectivity index (χ3v) is 8.54. The van der Waals surface area contributed by atoms with Crippen LogP contribution in [0.3, 0.4) is 0 Å². The second-order valence-corrected chi connectivity index (χ2v) is 11.8. The van der Waals surface area contributed by atoms with E-state index in [1.165, 1.54) is 0 Å². The molecule has 4 aromatic rings. The Kier molecular flexibility index (Phi) is 11.3. The molecule has 0 spiro atoms. The molecule has 0 unspecified atom stereocenters. The molecule has 2 aromatic heterocycles. The van der Waals surface area contributed by atoms with Crippen LogP contribution in [-0.2, 0) is 17.9 Å². The lowest BCUT2D eigenvalue weighted by atomic mass is 9.98. The third-order valence-electron chi connectivity index (χ3n) is 8.14. The van der Waals surface area contributed by atoms with E-state index < -0.39 is 17.9 Å². The number of aliphatic hydroxyl groups excluding tert-OH is 1. The average Bonchev–Trinajstić information content (AvgIpc) is 3.07. The van der Waals surface area contributed by atoms with E-state index in [9.17, 15) is 19.5 Å². The molecule has 1 aliphatic heterocycles. The van der Waals surface area contributed by atoms with E-state index in [1.807, 2.05) is 30.0 Å². The Morgan fingerprint density at radius 1 is 0.872 bits per heavy atom. The summed E-state index contributed by atoms with van der Waals surface area (Å²) in [6.07, 6.45) is 5.71. The van der Waals surface area contributed by atoms with E-state index >= 15 is 0 Å². The number of rotatable bonds is 12. The van der Waals surface area contributed by atoms with Crippen molar-refractivity contribution in [1.29, 1.82) is 0 Å². The number of anilines is 2. The van der Waals surface area contributed by atoms with Crippen molar-refractivity contribution in [1.82, 2.24) is 20.2 Å². The topological polar surface area (TPSA) is 157 Å². The van der Waals surface area contributed by atoms with Crippen LogP contribution in [0.5, 0.6) is 0 Å². The maximum absolute atomic E-state index is 13.2. The summed E-state index contributed by atoms with van der Waals surface area (Å²) in [6.45, 7) is 4.08. The Bertz CT molecular complexity index is 1730. The summed E-state index contributed by atoms with van der Waals surface area (Å²) >= 11 is 6.81. The molecular weight excluding hydrogens is 620 g/mol. The maximum atomic E-state index is 13.2. The lowest BCUT2D eigenvalue weighted by molar-refractivity contribution is -0.144. The van der Waals surface area contributed by atoms with E-state index in [2.05, 4.69) is 25.9 Å². The van der Waals surface area contributed by atoms with Gasteiger partial charge in [-0.05, 0) is 72.8 Å². The number of carboxylic acids is 1. The molecule has 11 nitrogen and oxygen atoms in total. The van der Waals surface area contributed by atoms with Crippen LogP contribution in [0.2, 0.25) is 5.02 Å². The van der Waals surface area contributed by atoms with Crippen molar-refractivity contribution >= 4 is 40.8 Å². The number of benzene rings is 2. The number of amides is 2. The molecule has 12 heteroatoms. The number of piperidine rings is 1. The number of likely N-dealkylation sites (tertiary alicyclic amines) is 1. The second kappa shape index (κ2) is 15.7. The molecule has 2 amide bonds. The minimum absolute atomic E-state index is 0.0391. The molecule has 244 valence electrons. The van der Waals surface area contributed by atoms with Gasteiger partial charge >= 0.3 is 5.97 Å². The number of aliphatic hydroxyl groups is 1. The van der Waals surface area contributed by atoms with Crippen LogP contribution in [0.25, 0.3) is 11.1 Å². The smallest absolute Gasteiger partial charge is 0.320 e. The summed E-state index contributed by atoms with van der Waals surface area (Å²) in [7, 11) is 0. The Balaban J connectivity index is 1.26. The fourth-order valence-corrected chi connectivity index (χ4v) is 5.87. The van der Waals surface area contributed by atoms with Crippen molar-refractivity contribution in [3.05, 3.63) is 106 Å². The Hall–Kier alpha value is -4.68. The monoisotopic (exact) mass is 656 g/mol. The molecule has 1 saturated heterocycles. The first-order valence-corrected chi connectivity index (χ1v) is 15.8. The molecule has 5 rings (SSSR count). The summed E-state index contributed by atoms with van der Waals surface area (Å²) in [5, 5.41) is 27.7. The van der Waals surface area contributed by atoms with Gasteiger partial charge in [-0.2, -0.15) is 0 Å². The predicted molar refractivity (Wildman–Crippen MR) is 180 cm³/mol. The number of halogens is 1. The average molecular weight is 657 g/mol. The minimum atomic E-state index is -0.813. The minimum Gasteiger partial charge on any atom is -0.480 e. The highest BCUT2D eigenvalue weighted by atomic mass is 35.5. The molecule has 3 heterocycles. The molecule has 1 atom stereocenters. The quantitative estimate of drug-likeness (QED) is 0.130. The lowest BCUT2D eigenvalue weighted by Gasteiger charge is -2.32. The number of carbonyl (C=O) groups excluding carboxylic acids is 2. The van der Waals surface area contributed by atoms with Gasteiger partial charge < -0.3 is 26.2 Å². The highest BCUT2D eigenvalue weighted by Crippen LogP contribution is 2.37. The maximum Gasteiger partial charge on any atom is 0.320 e. The standard InChI is InChI=1S/C35H37ClN6O5/c1-22-25(26-7-5-9-28(32(26)36)41-34(45)29-13-11-23(19-38-29)18-37-15-17-43)6-4-8-27(22)40-33(44)30-14-12-24(20-39-30)21-42-16-3-2-10-31(42)35(46)47/h4-9,11-14,19-20,31,37,43H,2-3,10,15-18,21H2,1H3,(H,40,44)(H,41,45)(H,46,47)/t31-/m0/s1. The number of carbonyl (C=O) groups is 3. The number of pyridine rings is 2. The Labute approximate surface area is 278 Å². The fraction of sp³-hybridized carbons (Fsp3) is 0.286. The van der Waals surface area contributed by atoms with Crippen molar-refractivity contribution in [3.63, 3.8) is 0 Å². The summed E-state index contributed by atoms with van der Waals surface area (Å²) < 4.78 is 0. The molecular formula is C35H37ClN6O5. The van der Waals surface area contributed by atoms with Gasteiger partial charge in [0, 0.05) is 43.3 Å². The molecule has 0 bridgehead atoms. The normalized spacial score (nSPS) is 14.8. The van der Waals surface area contributed by atoms with E-state index in [0.29, 0.717) is 54.6 Å². The van der Waals surface area contributed by atoms with Crippen molar-refractivity contribution in [2.45, 2.75) is 45.3 Å². The third kappa shape index (κ3) is 8.38. The molecule has 0 radical (unpaired) electrons. The molecule has 0 saturated carbocycles. The summed E-state index contributed by atoms with van der Waals surface area (Å²) in [5.41, 5.74) is 5.42. The number of nitrogens with one attached hydrogen (secondary N) is 3. The van der Waals surface area contributed by atoms with Gasteiger partial charge in [0.15, 0.2) is 0 Å². The van der Waals surface area contributed by atoms with E-state index in [0.717, 1.165) is 35.1 Å². The van der Waals surface area contributed by atoms with Gasteiger partial charge in [-0.1, -0.05) is 54.4 Å². The summed E-state index contributed by atoms with van der Waals surface area (Å²) in [6, 6.07) is 17.2. The van der Waals surface area contributed by atoms with Crippen LogP contribution in [0.15, 0.2) is 73.1 Å². The Morgan fingerprint density at radius 3 is 2.15 bits per heavy atom. The zero-order valence-corrected chi connectivity index (χ0v) is 26.8. The molecule has 47 heavy (non-hydrogen) atoms. The molecule has 0 aliphatic carbocycles. The molecule has 1 fully saturated rings. The van der Waals surface area contributed by atoms with Gasteiger partial charge in [-0.25, -0.2) is 0 Å². The van der Waals surface area contributed by atoms with Gasteiger partial charge in [-0.3, -0.25) is 29.3 Å². The van der Waals surface area contributed by atoms with Gasteiger partial charge in [-0.15, -0.1) is 0 Å². The molecule has 1 aliphatic rings. The van der Waals surface area contributed by atoms with Crippen LogP contribution in [0, 0.1) is 6.92 Å². The number of nitrogens with zero attached hydrogens (tertiary/aromatic N) is 3. The number of carboxylic acid groups (broad SMARTS) is 1. The van der Waals surface area contributed by atoms with Crippen LogP contribution in [-0.4, -0.2) is 68.6 Å². The largest absolute Gasteiger partial charge is 0.480 e. The lowest BCUT2D eigenvalue weighted by Crippen LogP contribution is -2.44. The van der Waals surface area contributed by atoms with Crippen LogP contribution in [0.4, 0.5) is 11.4 Å². The van der Waals surface area contributed by atoms with Gasteiger partial charge in [0.05, 0.1) is 17.3 Å². The second-order valence-electron chi connectivity index (χ2n) is 11.4. The zero-order chi connectivity index (χ0) is 33.3. The molecule has 5 N–H and O–H groups in total. The first-order chi connectivity index (χ1) is 22.7. The van der Waals surface area contributed by atoms with E-state index in [1.54, 1.807) is 54.9 Å². The first-order valence-electron chi connectivity index (χ1n) is 15.4. The number of hydrogen-bond donors (Lipinski definition) is 5. The van der Waals surface area contributed by atoms with Gasteiger partial charge in [0.25, 0.3) is 11.8 Å². The van der Waals surface area contributed by atoms with Gasteiger partial charge in [0.2, 0.25) is 0 Å². The van der Waals surface area contributed by atoms with E-state index in [4.69, 9.17) is 16.7 Å². The van der Waals surface area contributed by atoms with Crippen molar-refractivity contribution < 1.29 is 24.6 Å². The van der Waals surface area contributed by atoms with Crippen molar-refractivity contribution in [2.24, 2.45) is 0 Å².